The minimum atomic E-state index is -4.72. The number of halogens is 3. The van der Waals surface area contributed by atoms with Gasteiger partial charge in [-0.2, -0.15) is 18.4 Å². The van der Waals surface area contributed by atoms with Crippen LogP contribution in [0.2, 0.25) is 0 Å². The fraction of sp³-hybridized carbons (Fsp3) is 0.400. The largest absolute Gasteiger partial charge is 0.591 e. The Hall–Kier alpha value is -2.05. The van der Waals surface area contributed by atoms with E-state index in [0.29, 0.717) is 6.07 Å². The molecule has 0 aliphatic heterocycles. The summed E-state index contributed by atoms with van der Waals surface area (Å²) >= 11 is -1.67. The molecular weight excluding hydrogens is 343 g/mol. The van der Waals surface area contributed by atoms with E-state index in [1.165, 1.54) is 19.1 Å². The lowest BCUT2D eigenvalue weighted by molar-refractivity contribution is -0.137. The third kappa shape index (κ3) is 5.25. The molecule has 0 aliphatic rings. The van der Waals surface area contributed by atoms with E-state index in [1.54, 1.807) is 20.8 Å². The first-order valence-electron chi connectivity index (χ1n) is 6.76. The van der Waals surface area contributed by atoms with E-state index in [9.17, 15) is 22.5 Å². The number of alkyl halides is 3. The van der Waals surface area contributed by atoms with Gasteiger partial charge in [-0.3, -0.25) is 4.79 Å². The molecule has 0 fully saturated rings. The van der Waals surface area contributed by atoms with Crippen molar-refractivity contribution in [1.82, 2.24) is 0 Å². The lowest BCUT2D eigenvalue weighted by Crippen LogP contribution is -2.29. The van der Waals surface area contributed by atoms with Gasteiger partial charge < -0.3 is 9.87 Å². The molecular formula is C15H16F3N3O2S. The van der Waals surface area contributed by atoms with Crippen molar-refractivity contribution >= 4 is 28.7 Å². The van der Waals surface area contributed by atoms with Crippen molar-refractivity contribution in [2.24, 2.45) is 4.40 Å². The van der Waals surface area contributed by atoms with Crippen LogP contribution in [0.4, 0.5) is 18.9 Å². The molecule has 1 aromatic rings. The highest BCUT2D eigenvalue weighted by molar-refractivity contribution is 7.91. The zero-order chi connectivity index (χ0) is 18.7. The third-order valence-corrected chi connectivity index (χ3v) is 4.26. The molecule has 0 spiro atoms. The molecule has 0 aromatic heterocycles. The number of nitrogens with zero attached hydrogens (tertiary/aromatic N) is 2. The Morgan fingerprint density at radius 2 is 1.92 bits per heavy atom. The van der Waals surface area contributed by atoms with Gasteiger partial charge in [0.05, 0.1) is 17.2 Å². The Morgan fingerprint density at radius 1 is 1.33 bits per heavy atom. The van der Waals surface area contributed by atoms with E-state index in [2.05, 4.69) is 9.71 Å². The van der Waals surface area contributed by atoms with Crippen LogP contribution in [0.15, 0.2) is 22.6 Å². The van der Waals surface area contributed by atoms with Gasteiger partial charge >= 0.3 is 6.18 Å². The van der Waals surface area contributed by atoms with Crippen molar-refractivity contribution in [3.05, 3.63) is 29.3 Å². The second-order valence-electron chi connectivity index (χ2n) is 5.86. The van der Waals surface area contributed by atoms with Crippen molar-refractivity contribution in [1.29, 1.82) is 5.26 Å². The molecule has 130 valence electrons. The van der Waals surface area contributed by atoms with Gasteiger partial charge in [-0.25, -0.2) is 0 Å². The zero-order valence-corrected chi connectivity index (χ0v) is 14.3. The molecule has 0 radical (unpaired) electrons. The number of nitriles is 1. The number of carbonyl (C=O) groups excluding carboxylic acids is 1. The van der Waals surface area contributed by atoms with Crippen LogP contribution in [0.3, 0.4) is 0 Å². The van der Waals surface area contributed by atoms with Crippen LogP contribution in [-0.2, 0) is 22.3 Å². The van der Waals surface area contributed by atoms with Crippen molar-refractivity contribution in [2.45, 2.75) is 38.6 Å². The first-order valence-corrected chi connectivity index (χ1v) is 7.87. The maximum Gasteiger partial charge on any atom is 0.417 e. The fourth-order valence-electron chi connectivity index (χ4n) is 1.48. The summed E-state index contributed by atoms with van der Waals surface area (Å²) in [4.78, 5) is 12.0. The van der Waals surface area contributed by atoms with Crippen LogP contribution >= 0.6 is 0 Å². The quantitative estimate of drug-likeness (QED) is 0.662. The van der Waals surface area contributed by atoms with Gasteiger partial charge in [0.25, 0.3) is 5.91 Å². The molecule has 5 nitrogen and oxygen atoms in total. The molecule has 0 saturated heterocycles. The topological polar surface area (TPSA) is 88.3 Å². The highest BCUT2D eigenvalue weighted by Gasteiger charge is 2.34. The summed E-state index contributed by atoms with van der Waals surface area (Å²) in [5.74, 6) is -0.773. The molecule has 1 rings (SSSR count). The number of anilines is 1. The molecule has 1 atom stereocenters. The summed E-state index contributed by atoms with van der Waals surface area (Å²) in [6, 6.07) is 4.27. The molecule has 0 saturated carbocycles. The number of nitrogens with one attached hydrogen (secondary N) is 1. The maximum atomic E-state index is 12.9. The normalized spacial score (nSPS) is 14.0. The Labute approximate surface area is 140 Å². The number of carbonyl (C=O) groups is 1. The fourth-order valence-corrected chi connectivity index (χ4v) is 2.08. The standard InChI is InChI=1S/C15H16F3N3O2S/c1-9(21-24(23)14(2,3)4)13(22)20-11-6-5-10(8-19)12(7-11)15(16,17)18/h5-7H,1-4H3,(H,20,22). The smallest absolute Gasteiger partial charge is 0.417 e. The third-order valence-electron chi connectivity index (χ3n) is 2.78. The second-order valence-corrected chi connectivity index (χ2v) is 7.77. The van der Waals surface area contributed by atoms with E-state index >= 15 is 0 Å². The van der Waals surface area contributed by atoms with Crippen molar-refractivity contribution in [3.63, 3.8) is 0 Å². The average molecular weight is 359 g/mol. The number of hydrogen-bond donors (Lipinski definition) is 1. The molecule has 1 N–H and O–H groups in total. The van der Waals surface area contributed by atoms with Gasteiger partial charge in [-0.1, -0.05) is 4.40 Å². The van der Waals surface area contributed by atoms with Crippen LogP contribution in [0.25, 0.3) is 0 Å². The summed E-state index contributed by atoms with van der Waals surface area (Å²) in [7, 11) is 0. The van der Waals surface area contributed by atoms with Crippen molar-refractivity contribution in [2.75, 3.05) is 5.32 Å². The monoisotopic (exact) mass is 359 g/mol. The Bertz CT molecular complexity index is 703. The molecule has 1 amide bonds. The van der Waals surface area contributed by atoms with Crippen LogP contribution in [0.1, 0.15) is 38.8 Å². The summed E-state index contributed by atoms with van der Waals surface area (Å²) in [6.07, 6.45) is -4.72. The predicted molar refractivity (Wildman–Crippen MR) is 85.8 cm³/mol. The van der Waals surface area contributed by atoms with Crippen LogP contribution in [0.5, 0.6) is 0 Å². The van der Waals surface area contributed by atoms with Crippen LogP contribution < -0.4 is 5.32 Å². The maximum absolute atomic E-state index is 12.9. The van der Waals surface area contributed by atoms with Gasteiger partial charge in [0.2, 0.25) is 0 Å². The van der Waals surface area contributed by atoms with E-state index in [4.69, 9.17) is 5.26 Å². The molecule has 1 aromatic carbocycles. The number of benzene rings is 1. The highest BCUT2D eigenvalue weighted by Crippen LogP contribution is 2.33. The second kappa shape index (κ2) is 7.23. The first-order chi connectivity index (χ1) is 10.9. The van der Waals surface area contributed by atoms with E-state index in [1.807, 2.05) is 0 Å². The molecule has 0 bridgehead atoms. The zero-order valence-electron chi connectivity index (χ0n) is 13.5. The molecule has 9 heteroatoms. The van der Waals surface area contributed by atoms with Crippen molar-refractivity contribution < 1.29 is 22.5 Å². The van der Waals surface area contributed by atoms with Crippen molar-refractivity contribution in [3.8, 4) is 6.07 Å². The lowest BCUT2D eigenvalue weighted by atomic mass is 10.1. The Kier molecular flexibility index (Phi) is 6.03. The van der Waals surface area contributed by atoms with E-state index < -0.39 is 39.3 Å². The minimum absolute atomic E-state index is 0.124. The highest BCUT2D eigenvalue weighted by atomic mass is 32.2. The molecule has 1 unspecified atom stereocenters. The van der Waals surface area contributed by atoms with Gasteiger partial charge in [0.1, 0.15) is 16.1 Å². The number of amides is 1. The molecule has 0 aliphatic carbocycles. The van der Waals surface area contributed by atoms with Gasteiger partial charge in [-0.05, 0) is 45.9 Å². The minimum Gasteiger partial charge on any atom is -0.591 e. The van der Waals surface area contributed by atoms with Gasteiger partial charge in [0.15, 0.2) is 5.71 Å². The van der Waals surface area contributed by atoms with E-state index in [0.717, 1.165) is 6.07 Å². The van der Waals surface area contributed by atoms with Crippen LogP contribution in [0, 0.1) is 11.3 Å². The Morgan fingerprint density at radius 3 is 2.38 bits per heavy atom. The first kappa shape index (κ1) is 20.0. The molecule has 24 heavy (non-hydrogen) atoms. The summed E-state index contributed by atoms with van der Waals surface area (Å²) in [6.45, 7) is 6.34. The number of rotatable bonds is 3. The SMILES string of the molecule is CC(=N[S+]([O-])C(C)(C)C)C(=O)Nc1ccc(C#N)c(C(F)(F)F)c1. The summed E-state index contributed by atoms with van der Waals surface area (Å²) < 4.78 is 53.6. The predicted octanol–water partition coefficient (Wildman–Crippen LogP) is 3.44. The lowest BCUT2D eigenvalue weighted by Gasteiger charge is -2.18. The molecule has 0 heterocycles. The van der Waals surface area contributed by atoms with Crippen LogP contribution in [-0.4, -0.2) is 20.9 Å². The summed E-state index contributed by atoms with van der Waals surface area (Å²) in [5, 5.41) is 11.0. The van der Waals surface area contributed by atoms with Gasteiger partial charge in [0, 0.05) is 5.69 Å². The summed E-state index contributed by atoms with van der Waals surface area (Å²) in [5.41, 5.74) is -1.95. The van der Waals surface area contributed by atoms with E-state index in [-0.39, 0.29) is 11.4 Å². The van der Waals surface area contributed by atoms with Gasteiger partial charge in [-0.15, -0.1) is 0 Å². The number of hydrogen-bond acceptors (Lipinski definition) is 4. The average Bonchev–Trinajstić information content (AvgIpc) is 2.45. The Balaban J connectivity index is 3.04.